The van der Waals surface area contributed by atoms with Crippen molar-refractivity contribution in [2.75, 3.05) is 15.5 Å². The number of hydrogen-bond acceptors (Lipinski definition) is 3. The Morgan fingerprint density at radius 1 is 0.467 bits per heavy atom. The maximum absolute atomic E-state index is 3.67. The summed E-state index contributed by atoms with van der Waals surface area (Å²) in [6, 6.07) is 63.7. The molecule has 0 saturated carbocycles. The molecular weight excluding hydrogens is 729 g/mol. The molecule has 2 N–H and O–H groups in total. The predicted octanol–water partition coefficient (Wildman–Crippen LogP) is 15.9. The van der Waals surface area contributed by atoms with E-state index in [-0.39, 0.29) is 5.41 Å². The highest BCUT2D eigenvalue weighted by atomic mass is 15.1. The number of rotatable bonds is 9. The van der Waals surface area contributed by atoms with Gasteiger partial charge in [-0.15, -0.1) is 0 Å². The molecule has 0 radical (unpaired) electrons. The molecule has 296 valence electrons. The normalized spacial score (nSPS) is 11.6. The molecule has 0 amide bonds. The first-order chi connectivity index (χ1) is 29.0. The second-order valence-corrected chi connectivity index (χ2v) is 17.2. The van der Waals surface area contributed by atoms with Crippen LogP contribution in [0.3, 0.4) is 0 Å². The SMILES string of the molecule is Cc1cccc(-c2cc(C)ccc2Nc2ccc(Nc3ccc(N(c4ccc(-n5c6ccccc6c6ccccc65)cc4)c4c(C)cc(C(C)(C)C)cc4C)cc3)cc2)c1. The molecule has 8 aromatic carbocycles. The van der Waals surface area contributed by atoms with E-state index in [2.05, 4.69) is 244 Å². The minimum absolute atomic E-state index is 0.0510. The van der Waals surface area contributed by atoms with Gasteiger partial charge in [0.1, 0.15) is 0 Å². The topological polar surface area (TPSA) is 32.2 Å². The molecule has 1 aromatic heterocycles. The van der Waals surface area contributed by atoms with Gasteiger partial charge in [-0.1, -0.05) is 111 Å². The summed E-state index contributed by atoms with van der Waals surface area (Å²) in [5, 5.41) is 9.84. The lowest BCUT2D eigenvalue weighted by molar-refractivity contribution is 0.589. The van der Waals surface area contributed by atoms with Crippen LogP contribution in [0, 0.1) is 27.7 Å². The molecule has 0 aliphatic carbocycles. The quantitative estimate of drug-likeness (QED) is 0.153. The second-order valence-electron chi connectivity index (χ2n) is 17.2. The summed E-state index contributed by atoms with van der Waals surface area (Å²) < 4.78 is 2.38. The van der Waals surface area contributed by atoms with E-state index >= 15 is 0 Å². The van der Waals surface area contributed by atoms with Crippen LogP contribution in [-0.4, -0.2) is 4.57 Å². The van der Waals surface area contributed by atoms with Crippen molar-refractivity contribution >= 4 is 61.6 Å². The van der Waals surface area contributed by atoms with E-state index in [1.165, 1.54) is 66.4 Å². The number of aromatic nitrogens is 1. The molecule has 0 atom stereocenters. The van der Waals surface area contributed by atoms with Crippen molar-refractivity contribution in [1.29, 1.82) is 0 Å². The molecule has 60 heavy (non-hydrogen) atoms. The Balaban J connectivity index is 1.01. The number of nitrogens with zero attached hydrogens (tertiary/aromatic N) is 2. The first kappa shape index (κ1) is 38.5. The van der Waals surface area contributed by atoms with Gasteiger partial charge < -0.3 is 20.1 Å². The van der Waals surface area contributed by atoms with Crippen LogP contribution in [0.4, 0.5) is 39.8 Å². The lowest BCUT2D eigenvalue weighted by atomic mass is 9.84. The van der Waals surface area contributed by atoms with E-state index in [1.807, 2.05) is 0 Å². The number of anilines is 7. The van der Waals surface area contributed by atoms with Crippen molar-refractivity contribution in [3.8, 4) is 16.8 Å². The fourth-order valence-corrected chi connectivity index (χ4v) is 8.57. The summed E-state index contributed by atoms with van der Waals surface area (Å²) in [6.45, 7) is 15.6. The molecule has 0 unspecified atom stereocenters. The third-order valence-corrected chi connectivity index (χ3v) is 11.6. The van der Waals surface area contributed by atoms with Gasteiger partial charge in [0.2, 0.25) is 0 Å². The van der Waals surface area contributed by atoms with Crippen LogP contribution in [0.5, 0.6) is 0 Å². The number of benzene rings is 8. The van der Waals surface area contributed by atoms with Crippen LogP contribution in [0.15, 0.2) is 176 Å². The number of nitrogens with one attached hydrogen (secondary N) is 2. The van der Waals surface area contributed by atoms with Gasteiger partial charge in [0.25, 0.3) is 0 Å². The largest absolute Gasteiger partial charge is 0.356 e. The molecule has 9 aromatic rings. The first-order valence-corrected chi connectivity index (χ1v) is 20.9. The van der Waals surface area contributed by atoms with Crippen molar-refractivity contribution < 1.29 is 0 Å². The van der Waals surface area contributed by atoms with E-state index in [0.29, 0.717) is 0 Å². The summed E-state index contributed by atoms with van der Waals surface area (Å²) in [5.41, 5.74) is 19.9. The molecule has 4 heteroatoms. The van der Waals surface area contributed by atoms with Crippen molar-refractivity contribution in [3.63, 3.8) is 0 Å². The van der Waals surface area contributed by atoms with Gasteiger partial charge in [-0.25, -0.2) is 0 Å². The summed E-state index contributed by atoms with van der Waals surface area (Å²) >= 11 is 0. The molecule has 0 saturated heterocycles. The van der Waals surface area contributed by atoms with Crippen LogP contribution in [0.1, 0.15) is 48.6 Å². The predicted molar refractivity (Wildman–Crippen MR) is 258 cm³/mol. The number of para-hydroxylation sites is 2. The summed E-state index contributed by atoms with van der Waals surface area (Å²) in [7, 11) is 0. The second kappa shape index (κ2) is 15.6. The molecule has 0 aliphatic heterocycles. The van der Waals surface area contributed by atoms with Crippen molar-refractivity contribution in [3.05, 3.63) is 204 Å². The van der Waals surface area contributed by atoms with Crippen LogP contribution < -0.4 is 15.5 Å². The zero-order valence-corrected chi connectivity index (χ0v) is 35.6. The number of fused-ring (bicyclic) bond motifs is 3. The highest BCUT2D eigenvalue weighted by molar-refractivity contribution is 6.09. The lowest BCUT2D eigenvalue weighted by Gasteiger charge is -2.31. The molecule has 0 fully saturated rings. The Morgan fingerprint density at radius 3 is 1.55 bits per heavy atom. The van der Waals surface area contributed by atoms with Crippen LogP contribution >= 0.6 is 0 Å². The lowest BCUT2D eigenvalue weighted by Crippen LogP contribution is -2.16. The molecule has 0 aliphatic rings. The highest BCUT2D eigenvalue weighted by Crippen LogP contribution is 2.42. The van der Waals surface area contributed by atoms with Crippen LogP contribution in [-0.2, 0) is 5.41 Å². The number of hydrogen-bond donors (Lipinski definition) is 2. The van der Waals surface area contributed by atoms with E-state index in [9.17, 15) is 0 Å². The fourth-order valence-electron chi connectivity index (χ4n) is 8.57. The van der Waals surface area contributed by atoms with Gasteiger partial charge in [0.05, 0.1) is 16.7 Å². The fraction of sp³-hybridized carbons (Fsp3) is 0.143. The van der Waals surface area contributed by atoms with Crippen molar-refractivity contribution in [2.45, 2.75) is 53.9 Å². The van der Waals surface area contributed by atoms with Crippen molar-refractivity contribution in [1.82, 2.24) is 4.57 Å². The average molecular weight is 781 g/mol. The third kappa shape index (κ3) is 7.53. The Morgan fingerprint density at radius 2 is 0.983 bits per heavy atom. The molecule has 1 heterocycles. The van der Waals surface area contributed by atoms with E-state index in [1.54, 1.807) is 0 Å². The maximum Gasteiger partial charge on any atom is 0.0541 e. The zero-order valence-electron chi connectivity index (χ0n) is 35.6. The summed E-state index contributed by atoms with van der Waals surface area (Å²) in [4.78, 5) is 2.41. The van der Waals surface area contributed by atoms with E-state index in [0.717, 1.165) is 39.8 Å². The third-order valence-electron chi connectivity index (χ3n) is 11.6. The van der Waals surface area contributed by atoms with Crippen LogP contribution in [0.25, 0.3) is 38.6 Å². The van der Waals surface area contributed by atoms with Gasteiger partial charge in [-0.2, -0.15) is 0 Å². The summed E-state index contributed by atoms with van der Waals surface area (Å²) in [6.07, 6.45) is 0. The minimum Gasteiger partial charge on any atom is -0.356 e. The molecule has 4 nitrogen and oxygen atoms in total. The smallest absolute Gasteiger partial charge is 0.0541 e. The Kier molecular flexibility index (Phi) is 10.0. The summed E-state index contributed by atoms with van der Waals surface area (Å²) in [5.74, 6) is 0. The maximum atomic E-state index is 3.67. The van der Waals surface area contributed by atoms with Gasteiger partial charge in [0.15, 0.2) is 0 Å². The first-order valence-electron chi connectivity index (χ1n) is 20.9. The van der Waals surface area contributed by atoms with Gasteiger partial charge in [0, 0.05) is 56.1 Å². The van der Waals surface area contributed by atoms with Crippen molar-refractivity contribution in [2.24, 2.45) is 0 Å². The van der Waals surface area contributed by atoms with Crippen LogP contribution in [0.2, 0.25) is 0 Å². The van der Waals surface area contributed by atoms with E-state index in [4.69, 9.17) is 0 Å². The monoisotopic (exact) mass is 780 g/mol. The molecule has 9 rings (SSSR count). The zero-order chi connectivity index (χ0) is 41.5. The Bertz CT molecular complexity index is 2910. The Hall–Kier alpha value is -7.04. The van der Waals surface area contributed by atoms with Gasteiger partial charge >= 0.3 is 0 Å². The molecule has 0 bridgehead atoms. The standard InChI is InChI=1S/C56H52N4/c1-37-13-12-14-41(33-37)51-34-38(2)19-32-52(51)58-45-22-20-43(21-23-45)57-44-24-26-46(27-25-44)59(55-39(3)35-42(36-40(55)4)56(5,6)7)47-28-30-48(31-29-47)60-53-17-10-8-15-49(53)50-16-9-11-18-54(50)60/h8-36,57-58H,1-7H3. The minimum atomic E-state index is 0.0510. The van der Waals surface area contributed by atoms with Gasteiger partial charge in [-0.05, 0) is 152 Å². The molecule has 0 spiro atoms. The highest BCUT2D eigenvalue weighted by Gasteiger charge is 2.22. The Labute approximate surface area is 354 Å². The van der Waals surface area contributed by atoms with E-state index < -0.39 is 0 Å². The average Bonchev–Trinajstić information content (AvgIpc) is 3.58. The molecular formula is C56H52N4. The van der Waals surface area contributed by atoms with Gasteiger partial charge in [-0.3, -0.25) is 0 Å². The number of aryl methyl sites for hydroxylation is 4.